The van der Waals surface area contributed by atoms with Gasteiger partial charge in [0.1, 0.15) is 6.10 Å². The summed E-state index contributed by atoms with van der Waals surface area (Å²) in [6.45, 7) is 3.25. The van der Waals surface area contributed by atoms with Gasteiger partial charge < -0.3 is 14.9 Å². The molecule has 2 N–H and O–H groups in total. The van der Waals surface area contributed by atoms with Crippen molar-refractivity contribution in [3.8, 4) is 0 Å². The number of aliphatic hydroxyl groups excluding tert-OH is 1. The van der Waals surface area contributed by atoms with Crippen LogP contribution in [0.3, 0.4) is 0 Å². The molecule has 0 aromatic carbocycles. The Balaban J connectivity index is 3.71. The Kier molecular flexibility index (Phi) is 3.79. The van der Waals surface area contributed by atoms with Crippen LogP contribution in [-0.2, 0) is 4.74 Å². The average Bonchev–Trinajstić information content (AvgIpc) is 1.81. The van der Waals surface area contributed by atoms with Crippen molar-refractivity contribution in [3.05, 3.63) is 0 Å². The van der Waals surface area contributed by atoms with Crippen LogP contribution in [0.4, 0.5) is 4.79 Å². The zero-order valence-corrected chi connectivity index (χ0v) is 6.07. The predicted molar refractivity (Wildman–Crippen MR) is 34.9 cm³/mol. The first-order valence-electron chi connectivity index (χ1n) is 3.15. The van der Waals surface area contributed by atoms with Crippen molar-refractivity contribution in [2.45, 2.75) is 32.5 Å². The van der Waals surface area contributed by atoms with E-state index in [0.29, 0.717) is 6.42 Å². The van der Waals surface area contributed by atoms with E-state index in [2.05, 4.69) is 4.74 Å². The summed E-state index contributed by atoms with van der Waals surface area (Å²) < 4.78 is 4.33. The van der Waals surface area contributed by atoms with Crippen molar-refractivity contribution in [2.75, 3.05) is 0 Å². The molecule has 0 amide bonds. The topological polar surface area (TPSA) is 66.8 Å². The van der Waals surface area contributed by atoms with E-state index in [-0.39, 0.29) is 0 Å². The Morgan fingerprint density at radius 2 is 2.20 bits per heavy atom. The van der Waals surface area contributed by atoms with Gasteiger partial charge in [0.15, 0.2) is 0 Å². The molecule has 60 valence electrons. The Morgan fingerprint density at radius 3 is 2.30 bits per heavy atom. The predicted octanol–water partition coefficient (Wildman–Crippen LogP) is 0.840. The fourth-order valence-corrected chi connectivity index (χ4v) is 0.652. The van der Waals surface area contributed by atoms with Crippen molar-refractivity contribution in [3.63, 3.8) is 0 Å². The van der Waals surface area contributed by atoms with Crippen molar-refractivity contribution >= 4 is 6.16 Å². The average molecular weight is 148 g/mol. The van der Waals surface area contributed by atoms with E-state index >= 15 is 0 Å². The molecule has 0 rings (SSSR count). The largest absolute Gasteiger partial charge is 0.506 e. The van der Waals surface area contributed by atoms with Gasteiger partial charge in [0.2, 0.25) is 0 Å². The van der Waals surface area contributed by atoms with E-state index in [4.69, 9.17) is 10.2 Å². The van der Waals surface area contributed by atoms with Crippen LogP contribution in [0, 0.1) is 0 Å². The van der Waals surface area contributed by atoms with Crippen LogP contribution < -0.4 is 0 Å². The molecule has 0 aliphatic carbocycles. The summed E-state index contributed by atoms with van der Waals surface area (Å²) in [5.41, 5.74) is 0. The minimum atomic E-state index is -1.34. The number of aliphatic hydroxyl groups is 1. The number of hydrogen-bond donors (Lipinski definition) is 2. The highest BCUT2D eigenvalue weighted by Gasteiger charge is 2.16. The third kappa shape index (κ3) is 3.29. The van der Waals surface area contributed by atoms with Gasteiger partial charge in [0.25, 0.3) is 0 Å². The number of carbonyl (C=O) groups is 1. The third-order valence-electron chi connectivity index (χ3n) is 1.19. The molecule has 0 aromatic rings. The highest BCUT2D eigenvalue weighted by molar-refractivity contribution is 5.57. The second-order valence-corrected chi connectivity index (χ2v) is 2.07. The fourth-order valence-electron chi connectivity index (χ4n) is 0.652. The maximum atomic E-state index is 9.94. The quantitative estimate of drug-likeness (QED) is 0.582. The smallest absolute Gasteiger partial charge is 0.450 e. The third-order valence-corrected chi connectivity index (χ3v) is 1.19. The summed E-state index contributed by atoms with van der Waals surface area (Å²) >= 11 is 0. The molecule has 2 atom stereocenters. The maximum Gasteiger partial charge on any atom is 0.506 e. The van der Waals surface area contributed by atoms with Gasteiger partial charge in [-0.05, 0) is 13.3 Å². The van der Waals surface area contributed by atoms with E-state index in [1.165, 1.54) is 6.92 Å². The molecule has 0 saturated carbocycles. The number of ether oxygens (including phenoxy) is 1. The number of hydrogen-bond acceptors (Lipinski definition) is 3. The van der Waals surface area contributed by atoms with Gasteiger partial charge >= 0.3 is 6.16 Å². The lowest BCUT2D eigenvalue weighted by Crippen LogP contribution is -2.27. The summed E-state index contributed by atoms with van der Waals surface area (Å²) in [7, 11) is 0. The second-order valence-electron chi connectivity index (χ2n) is 2.07. The molecule has 0 aliphatic rings. The lowest BCUT2D eigenvalue weighted by molar-refractivity contribution is -0.0127. The zero-order valence-electron chi connectivity index (χ0n) is 6.07. The van der Waals surface area contributed by atoms with Gasteiger partial charge in [-0.3, -0.25) is 0 Å². The van der Waals surface area contributed by atoms with Gasteiger partial charge in [-0.2, -0.15) is 0 Å². The van der Waals surface area contributed by atoms with E-state index in [9.17, 15) is 4.79 Å². The SMILES string of the molecule is CCC(OC(=O)O)C(C)O. The highest BCUT2D eigenvalue weighted by atomic mass is 16.7. The zero-order chi connectivity index (χ0) is 8.15. The van der Waals surface area contributed by atoms with Gasteiger partial charge in [-0.15, -0.1) is 0 Å². The van der Waals surface area contributed by atoms with Crippen LogP contribution in [0.1, 0.15) is 20.3 Å². The van der Waals surface area contributed by atoms with Crippen LogP contribution in [0.25, 0.3) is 0 Å². The standard InChI is InChI=1S/C6H12O4/c1-3-5(4(2)7)10-6(8)9/h4-5,7H,3H2,1-2H3,(H,8,9). The van der Waals surface area contributed by atoms with E-state index in [1.807, 2.05) is 0 Å². The lowest BCUT2D eigenvalue weighted by Gasteiger charge is -2.15. The van der Waals surface area contributed by atoms with Crippen LogP contribution in [0.2, 0.25) is 0 Å². The summed E-state index contributed by atoms with van der Waals surface area (Å²) in [6, 6.07) is 0. The first-order valence-corrected chi connectivity index (χ1v) is 3.15. The van der Waals surface area contributed by atoms with Crippen LogP contribution in [0.5, 0.6) is 0 Å². The Morgan fingerprint density at radius 1 is 1.70 bits per heavy atom. The van der Waals surface area contributed by atoms with Gasteiger partial charge in [-0.25, -0.2) is 4.79 Å². The lowest BCUT2D eigenvalue weighted by atomic mass is 10.2. The molecule has 0 aliphatic heterocycles. The normalized spacial score (nSPS) is 15.9. The molecule has 0 aromatic heterocycles. The Bertz CT molecular complexity index is 110. The van der Waals surface area contributed by atoms with Gasteiger partial charge in [0.05, 0.1) is 6.10 Å². The molecule has 4 nitrogen and oxygen atoms in total. The van der Waals surface area contributed by atoms with E-state index in [0.717, 1.165) is 0 Å². The molecule has 0 heterocycles. The molecule has 2 unspecified atom stereocenters. The van der Waals surface area contributed by atoms with Crippen molar-refractivity contribution in [1.82, 2.24) is 0 Å². The van der Waals surface area contributed by atoms with Crippen LogP contribution >= 0.6 is 0 Å². The van der Waals surface area contributed by atoms with Gasteiger partial charge in [0, 0.05) is 0 Å². The summed E-state index contributed by atoms with van der Waals surface area (Å²) in [5.74, 6) is 0. The molecule has 4 heteroatoms. The maximum absolute atomic E-state index is 9.94. The van der Waals surface area contributed by atoms with Crippen molar-refractivity contribution < 1.29 is 19.7 Å². The molecule has 0 radical (unpaired) electrons. The van der Waals surface area contributed by atoms with E-state index < -0.39 is 18.4 Å². The Hall–Kier alpha value is -0.770. The van der Waals surface area contributed by atoms with Crippen LogP contribution in [-0.4, -0.2) is 28.6 Å². The number of rotatable bonds is 3. The first kappa shape index (κ1) is 9.23. The molecular weight excluding hydrogens is 136 g/mol. The fraction of sp³-hybridized carbons (Fsp3) is 0.833. The van der Waals surface area contributed by atoms with Crippen molar-refractivity contribution in [2.24, 2.45) is 0 Å². The molecule has 10 heavy (non-hydrogen) atoms. The molecule has 0 saturated heterocycles. The summed E-state index contributed by atoms with van der Waals surface area (Å²) in [5, 5.41) is 17.0. The minimum Gasteiger partial charge on any atom is -0.450 e. The summed E-state index contributed by atoms with van der Waals surface area (Å²) in [6.07, 6.45) is -2.18. The van der Waals surface area contributed by atoms with E-state index in [1.54, 1.807) is 6.92 Å². The summed E-state index contributed by atoms with van der Waals surface area (Å²) in [4.78, 5) is 9.94. The molecule has 0 fully saturated rings. The van der Waals surface area contributed by atoms with Crippen molar-refractivity contribution in [1.29, 1.82) is 0 Å². The van der Waals surface area contributed by atoms with Gasteiger partial charge in [-0.1, -0.05) is 6.92 Å². The Labute approximate surface area is 59.4 Å². The molecule has 0 bridgehead atoms. The highest BCUT2D eigenvalue weighted by Crippen LogP contribution is 2.03. The minimum absolute atomic E-state index is 0.490. The first-order chi connectivity index (χ1) is 4.57. The molecule has 0 spiro atoms. The second kappa shape index (κ2) is 4.11. The molecular formula is C6H12O4. The van der Waals surface area contributed by atoms with Crippen LogP contribution in [0.15, 0.2) is 0 Å². The number of carboxylic acid groups (broad SMARTS) is 1. The monoisotopic (exact) mass is 148 g/mol.